The summed E-state index contributed by atoms with van der Waals surface area (Å²) in [6, 6.07) is 4.25. The summed E-state index contributed by atoms with van der Waals surface area (Å²) in [6.07, 6.45) is 0. The van der Waals surface area contributed by atoms with E-state index in [1.165, 1.54) is 21.1 Å². The molecule has 1 unspecified atom stereocenters. The van der Waals surface area contributed by atoms with E-state index in [4.69, 9.17) is 0 Å². The highest BCUT2D eigenvalue weighted by Crippen LogP contribution is 2.27. The van der Waals surface area contributed by atoms with Crippen molar-refractivity contribution in [1.82, 2.24) is 9.88 Å². The number of hydrogen-bond acceptors (Lipinski definition) is 4. The van der Waals surface area contributed by atoms with Crippen LogP contribution in [0.2, 0.25) is 0 Å². The second-order valence-electron chi connectivity index (χ2n) is 3.91. The molecule has 0 aliphatic heterocycles. The molecule has 0 aliphatic carbocycles. The van der Waals surface area contributed by atoms with Crippen LogP contribution >= 0.6 is 22.7 Å². The monoisotopic (exact) mass is 266 g/mol. The van der Waals surface area contributed by atoms with Crippen molar-refractivity contribution in [3.8, 4) is 0 Å². The number of carbonyl (C=O) groups is 1. The molecule has 0 spiro atoms. The molecule has 0 radical (unpaired) electrons. The van der Waals surface area contributed by atoms with Gasteiger partial charge in [-0.15, -0.1) is 22.7 Å². The zero-order valence-electron chi connectivity index (χ0n) is 10.0. The third kappa shape index (κ3) is 2.56. The molecule has 90 valence electrons. The van der Waals surface area contributed by atoms with Crippen LogP contribution in [0.5, 0.6) is 0 Å². The minimum Gasteiger partial charge on any atom is -0.333 e. The van der Waals surface area contributed by atoms with Crippen LogP contribution in [-0.2, 0) is 0 Å². The van der Waals surface area contributed by atoms with Gasteiger partial charge in [-0.25, -0.2) is 4.98 Å². The van der Waals surface area contributed by atoms with Gasteiger partial charge in [0.15, 0.2) is 0 Å². The summed E-state index contributed by atoms with van der Waals surface area (Å²) in [5.74, 6) is -0.0233. The van der Waals surface area contributed by atoms with Gasteiger partial charge < -0.3 is 4.90 Å². The fourth-order valence-electron chi connectivity index (χ4n) is 1.54. The van der Waals surface area contributed by atoms with Crippen molar-refractivity contribution in [2.24, 2.45) is 0 Å². The Balaban J connectivity index is 2.15. The fraction of sp³-hybridized carbons (Fsp3) is 0.333. The number of aromatic nitrogens is 1. The van der Waals surface area contributed by atoms with Crippen LogP contribution in [0.3, 0.4) is 0 Å². The molecule has 0 N–H and O–H groups in total. The Morgan fingerprint density at radius 2 is 2.24 bits per heavy atom. The summed E-state index contributed by atoms with van der Waals surface area (Å²) >= 11 is 3.17. The van der Waals surface area contributed by atoms with Crippen LogP contribution in [0.4, 0.5) is 0 Å². The van der Waals surface area contributed by atoms with E-state index in [0.717, 1.165) is 0 Å². The van der Waals surface area contributed by atoms with Gasteiger partial charge in [0.2, 0.25) is 0 Å². The third-order valence-corrected chi connectivity index (χ3v) is 4.48. The first-order valence-corrected chi connectivity index (χ1v) is 7.07. The Morgan fingerprint density at radius 3 is 2.76 bits per heavy atom. The topological polar surface area (TPSA) is 33.2 Å². The van der Waals surface area contributed by atoms with Gasteiger partial charge in [0.1, 0.15) is 5.69 Å². The maximum Gasteiger partial charge on any atom is 0.273 e. The Morgan fingerprint density at radius 1 is 1.47 bits per heavy atom. The van der Waals surface area contributed by atoms with E-state index in [9.17, 15) is 4.79 Å². The SMILES string of the molecule is Cc1ccc(C(C)N(C)C(=O)c2cscn2)s1. The minimum absolute atomic E-state index is 0.0233. The molecule has 0 aliphatic rings. The number of amides is 1. The molecule has 1 amide bonds. The van der Waals surface area contributed by atoms with Gasteiger partial charge in [-0.05, 0) is 26.0 Å². The Hall–Kier alpha value is -1.20. The van der Waals surface area contributed by atoms with Crippen molar-refractivity contribution in [2.45, 2.75) is 19.9 Å². The van der Waals surface area contributed by atoms with Gasteiger partial charge in [-0.2, -0.15) is 0 Å². The van der Waals surface area contributed by atoms with Crippen molar-refractivity contribution in [3.05, 3.63) is 38.5 Å². The summed E-state index contributed by atoms with van der Waals surface area (Å²) in [5.41, 5.74) is 2.21. The average Bonchev–Trinajstić information content (AvgIpc) is 2.96. The van der Waals surface area contributed by atoms with Crippen molar-refractivity contribution in [3.63, 3.8) is 0 Å². The molecule has 0 saturated heterocycles. The molecule has 5 heteroatoms. The van der Waals surface area contributed by atoms with E-state index < -0.39 is 0 Å². The molecule has 3 nitrogen and oxygen atoms in total. The second kappa shape index (κ2) is 4.98. The summed E-state index contributed by atoms with van der Waals surface area (Å²) in [5, 5.41) is 1.78. The molecule has 2 rings (SSSR count). The van der Waals surface area contributed by atoms with E-state index in [-0.39, 0.29) is 11.9 Å². The summed E-state index contributed by atoms with van der Waals surface area (Å²) < 4.78 is 0. The quantitative estimate of drug-likeness (QED) is 0.853. The number of hydrogen-bond donors (Lipinski definition) is 0. The third-order valence-electron chi connectivity index (χ3n) is 2.73. The van der Waals surface area contributed by atoms with Crippen LogP contribution in [-0.4, -0.2) is 22.8 Å². The van der Waals surface area contributed by atoms with E-state index in [2.05, 4.69) is 24.0 Å². The van der Waals surface area contributed by atoms with E-state index in [1.807, 2.05) is 14.0 Å². The Kier molecular flexibility index (Phi) is 3.59. The zero-order valence-corrected chi connectivity index (χ0v) is 11.6. The number of carbonyl (C=O) groups excluding carboxylic acids is 1. The first kappa shape index (κ1) is 12.3. The number of rotatable bonds is 3. The van der Waals surface area contributed by atoms with Gasteiger partial charge in [0, 0.05) is 22.2 Å². The molecular weight excluding hydrogens is 252 g/mol. The highest BCUT2D eigenvalue weighted by Gasteiger charge is 2.20. The molecule has 0 bridgehead atoms. The molecule has 0 saturated carbocycles. The highest BCUT2D eigenvalue weighted by molar-refractivity contribution is 7.12. The van der Waals surface area contributed by atoms with Gasteiger partial charge >= 0.3 is 0 Å². The van der Waals surface area contributed by atoms with Crippen LogP contribution in [0.15, 0.2) is 23.0 Å². The van der Waals surface area contributed by atoms with Crippen molar-refractivity contribution >= 4 is 28.6 Å². The largest absolute Gasteiger partial charge is 0.333 e. The maximum absolute atomic E-state index is 12.1. The Bertz CT molecular complexity index is 504. The highest BCUT2D eigenvalue weighted by atomic mass is 32.1. The smallest absolute Gasteiger partial charge is 0.273 e. The van der Waals surface area contributed by atoms with Crippen LogP contribution < -0.4 is 0 Å². The molecule has 1 atom stereocenters. The molecule has 2 aromatic rings. The van der Waals surface area contributed by atoms with Crippen molar-refractivity contribution in [1.29, 1.82) is 0 Å². The lowest BCUT2D eigenvalue weighted by Gasteiger charge is -2.23. The predicted molar refractivity (Wildman–Crippen MR) is 71.7 cm³/mol. The second-order valence-corrected chi connectivity index (χ2v) is 5.95. The molecule has 0 aromatic carbocycles. The van der Waals surface area contributed by atoms with E-state index in [1.54, 1.807) is 27.1 Å². The number of aryl methyl sites for hydroxylation is 1. The summed E-state index contributed by atoms with van der Waals surface area (Å²) in [7, 11) is 1.82. The Labute approximate surface area is 109 Å². The van der Waals surface area contributed by atoms with Gasteiger partial charge in [-0.1, -0.05) is 0 Å². The lowest BCUT2D eigenvalue weighted by atomic mass is 10.2. The lowest BCUT2D eigenvalue weighted by molar-refractivity contribution is 0.0740. The van der Waals surface area contributed by atoms with Crippen LogP contribution in [0.1, 0.15) is 33.2 Å². The molecule has 2 aromatic heterocycles. The zero-order chi connectivity index (χ0) is 12.4. The van der Waals surface area contributed by atoms with Crippen LogP contribution in [0, 0.1) is 6.92 Å². The fourth-order valence-corrected chi connectivity index (χ4v) is 3.04. The maximum atomic E-state index is 12.1. The molecule has 0 fully saturated rings. The summed E-state index contributed by atoms with van der Waals surface area (Å²) in [4.78, 5) is 20.4. The van der Waals surface area contributed by atoms with Crippen molar-refractivity contribution in [2.75, 3.05) is 7.05 Å². The number of nitrogens with zero attached hydrogens (tertiary/aromatic N) is 2. The molecular formula is C12H14N2OS2. The predicted octanol–water partition coefficient (Wildman–Crippen LogP) is 3.35. The normalized spacial score (nSPS) is 12.4. The van der Waals surface area contributed by atoms with E-state index >= 15 is 0 Å². The van der Waals surface area contributed by atoms with E-state index in [0.29, 0.717) is 5.69 Å². The average molecular weight is 266 g/mol. The molecule has 2 heterocycles. The standard InChI is InChI=1S/C12H14N2OS2/c1-8-4-5-11(17-8)9(2)14(3)12(15)10-6-16-7-13-10/h4-7,9H,1-3H3. The lowest BCUT2D eigenvalue weighted by Crippen LogP contribution is -2.29. The van der Waals surface area contributed by atoms with Gasteiger partial charge in [0.05, 0.1) is 11.6 Å². The molecule has 17 heavy (non-hydrogen) atoms. The van der Waals surface area contributed by atoms with Crippen molar-refractivity contribution < 1.29 is 4.79 Å². The first-order valence-electron chi connectivity index (χ1n) is 5.31. The number of thiazole rings is 1. The van der Waals surface area contributed by atoms with Gasteiger partial charge in [-0.3, -0.25) is 4.79 Å². The number of thiophene rings is 1. The minimum atomic E-state index is -0.0233. The van der Waals surface area contributed by atoms with Crippen LogP contribution in [0.25, 0.3) is 0 Å². The summed E-state index contributed by atoms with van der Waals surface area (Å²) in [6.45, 7) is 4.11. The van der Waals surface area contributed by atoms with Gasteiger partial charge in [0.25, 0.3) is 5.91 Å². The first-order chi connectivity index (χ1) is 8.09.